The Bertz CT molecular complexity index is 586. The molecule has 0 spiro atoms. The second-order valence-electron chi connectivity index (χ2n) is 3.94. The summed E-state index contributed by atoms with van der Waals surface area (Å²) in [7, 11) is 0. The number of aryl methyl sites for hydroxylation is 1. The molecule has 0 atom stereocenters. The minimum atomic E-state index is 0.738. The Balaban J connectivity index is 2.34. The first-order valence-electron chi connectivity index (χ1n) is 5.22. The first-order chi connectivity index (χ1) is 7.79. The molecule has 0 bridgehead atoms. The number of benzene rings is 1. The van der Waals surface area contributed by atoms with Gasteiger partial charge in [0.2, 0.25) is 0 Å². The standard InChI is InChI=1S/C12H10BrNO2/c13-7-4-5-8-11(6-7)16-10-3-1-2-9(14-15)12(8)10/h4-6,15H,1-3H2/b14-9+. The van der Waals surface area contributed by atoms with E-state index in [9.17, 15) is 0 Å². The third-order valence-corrected chi connectivity index (χ3v) is 3.44. The van der Waals surface area contributed by atoms with Crippen LogP contribution in [0.4, 0.5) is 0 Å². The first kappa shape index (κ1) is 9.90. The highest BCUT2D eigenvalue weighted by Gasteiger charge is 2.23. The van der Waals surface area contributed by atoms with Crippen LogP contribution in [-0.4, -0.2) is 10.9 Å². The predicted octanol–water partition coefficient (Wildman–Crippen LogP) is 3.71. The fourth-order valence-electron chi connectivity index (χ4n) is 2.25. The van der Waals surface area contributed by atoms with Crippen LogP contribution in [0.3, 0.4) is 0 Å². The Labute approximate surface area is 101 Å². The Morgan fingerprint density at radius 1 is 1.31 bits per heavy atom. The van der Waals surface area contributed by atoms with Crippen LogP contribution in [0.1, 0.15) is 24.2 Å². The number of hydrogen-bond acceptors (Lipinski definition) is 3. The van der Waals surface area contributed by atoms with Crippen molar-refractivity contribution in [1.29, 1.82) is 0 Å². The molecule has 0 saturated heterocycles. The number of furan rings is 1. The summed E-state index contributed by atoms with van der Waals surface area (Å²) in [6, 6.07) is 5.92. The molecular weight excluding hydrogens is 270 g/mol. The maximum atomic E-state index is 9.01. The normalized spacial score (nSPS) is 17.9. The molecule has 82 valence electrons. The number of oxime groups is 1. The van der Waals surface area contributed by atoms with E-state index in [1.165, 1.54) is 0 Å². The average Bonchev–Trinajstić information content (AvgIpc) is 2.65. The van der Waals surface area contributed by atoms with Gasteiger partial charge in [0.15, 0.2) is 0 Å². The molecule has 0 saturated carbocycles. The molecule has 0 amide bonds. The van der Waals surface area contributed by atoms with Gasteiger partial charge in [0.25, 0.3) is 0 Å². The molecule has 0 radical (unpaired) electrons. The molecule has 1 aromatic heterocycles. The van der Waals surface area contributed by atoms with E-state index in [-0.39, 0.29) is 0 Å². The van der Waals surface area contributed by atoms with E-state index >= 15 is 0 Å². The van der Waals surface area contributed by atoms with E-state index < -0.39 is 0 Å². The van der Waals surface area contributed by atoms with Crippen molar-refractivity contribution in [2.45, 2.75) is 19.3 Å². The van der Waals surface area contributed by atoms with Crippen LogP contribution < -0.4 is 0 Å². The van der Waals surface area contributed by atoms with Gasteiger partial charge in [-0.2, -0.15) is 0 Å². The maximum absolute atomic E-state index is 9.01. The van der Waals surface area contributed by atoms with Crippen LogP contribution in [-0.2, 0) is 6.42 Å². The highest BCUT2D eigenvalue weighted by atomic mass is 79.9. The van der Waals surface area contributed by atoms with Crippen LogP contribution in [0.15, 0.2) is 32.2 Å². The van der Waals surface area contributed by atoms with Gasteiger partial charge < -0.3 is 9.62 Å². The van der Waals surface area contributed by atoms with Crippen molar-refractivity contribution in [3.63, 3.8) is 0 Å². The number of nitrogens with zero attached hydrogens (tertiary/aromatic N) is 1. The van der Waals surface area contributed by atoms with Gasteiger partial charge in [0.05, 0.1) is 5.71 Å². The zero-order valence-corrected chi connectivity index (χ0v) is 10.1. The van der Waals surface area contributed by atoms with Crippen molar-refractivity contribution in [3.05, 3.63) is 34.0 Å². The van der Waals surface area contributed by atoms with Gasteiger partial charge in [0, 0.05) is 21.8 Å². The van der Waals surface area contributed by atoms with Crippen LogP contribution in [0.25, 0.3) is 11.0 Å². The lowest BCUT2D eigenvalue weighted by Crippen LogP contribution is -2.09. The molecule has 3 rings (SSSR count). The minimum Gasteiger partial charge on any atom is -0.460 e. The molecule has 4 heteroatoms. The molecule has 2 aromatic rings. The summed E-state index contributed by atoms with van der Waals surface area (Å²) in [6.45, 7) is 0. The van der Waals surface area contributed by atoms with E-state index in [0.717, 1.165) is 51.7 Å². The first-order valence-corrected chi connectivity index (χ1v) is 6.01. The van der Waals surface area contributed by atoms with Crippen LogP contribution in [0, 0.1) is 0 Å². The Morgan fingerprint density at radius 2 is 2.19 bits per heavy atom. The molecule has 16 heavy (non-hydrogen) atoms. The maximum Gasteiger partial charge on any atom is 0.136 e. The van der Waals surface area contributed by atoms with Crippen molar-refractivity contribution >= 4 is 32.6 Å². The molecule has 1 aliphatic rings. The predicted molar refractivity (Wildman–Crippen MR) is 65.2 cm³/mol. The molecule has 1 aromatic carbocycles. The quantitative estimate of drug-likeness (QED) is 0.590. The van der Waals surface area contributed by atoms with Crippen molar-refractivity contribution < 1.29 is 9.62 Å². The molecule has 0 unspecified atom stereocenters. The summed E-state index contributed by atoms with van der Waals surface area (Å²) in [5.74, 6) is 0.937. The highest BCUT2D eigenvalue weighted by Crippen LogP contribution is 2.33. The molecule has 1 aliphatic carbocycles. The zero-order valence-electron chi connectivity index (χ0n) is 8.53. The molecule has 0 aliphatic heterocycles. The highest BCUT2D eigenvalue weighted by molar-refractivity contribution is 9.10. The third-order valence-electron chi connectivity index (χ3n) is 2.95. The second kappa shape index (κ2) is 3.63. The average molecular weight is 280 g/mol. The van der Waals surface area contributed by atoms with Gasteiger partial charge in [-0.05, 0) is 31.0 Å². The van der Waals surface area contributed by atoms with E-state index in [0.29, 0.717) is 0 Å². The monoisotopic (exact) mass is 279 g/mol. The molecular formula is C12H10BrNO2. The topological polar surface area (TPSA) is 45.7 Å². The van der Waals surface area contributed by atoms with Gasteiger partial charge in [-0.3, -0.25) is 0 Å². The van der Waals surface area contributed by atoms with Crippen molar-refractivity contribution in [3.8, 4) is 0 Å². The lowest BCUT2D eigenvalue weighted by molar-refractivity contribution is 0.317. The van der Waals surface area contributed by atoms with Crippen LogP contribution in [0.5, 0.6) is 0 Å². The van der Waals surface area contributed by atoms with Gasteiger partial charge >= 0.3 is 0 Å². The van der Waals surface area contributed by atoms with Gasteiger partial charge in [0.1, 0.15) is 11.3 Å². The fraction of sp³-hybridized carbons (Fsp3) is 0.250. The van der Waals surface area contributed by atoms with Crippen molar-refractivity contribution in [2.75, 3.05) is 0 Å². The lowest BCUT2D eigenvalue weighted by Gasteiger charge is -2.10. The summed E-state index contributed by atoms with van der Waals surface area (Å²) in [5.41, 5.74) is 2.57. The summed E-state index contributed by atoms with van der Waals surface area (Å²) in [6.07, 6.45) is 2.71. The summed E-state index contributed by atoms with van der Waals surface area (Å²) in [5, 5.41) is 13.4. The number of rotatable bonds is 0. The van der Waals surface area contributed by atoms with Gasteiger partial charge in [-0.25, -0.2) is 0 Å². The molecule has 3 nitrogen and oxygen atoms in total. The van der Waals surface area contributed by atoms with Gasteiger partial charge in [-0.15, -0.1) is 0 Å². The molecule has 1 heterocycles. The van der Waals surface area contributed by atoms with Crippen molar-refractivity contribution in [2.24, 2.45) is 5.16 Å². The van der Waals surface area contributed by atoms with E-state index in [1.807, 2.05) is 18.2 Å². The van der Waals surface area contributed by atoms with Gasteiger partial charge in [-0.1, -0.05) is 21.1 Å². The van der Waals surface area contributed by atoms with Crippen LogP contribution in [0.2, 0.25) is 0 Å². The largest absolute Gasteiger partial charge is 0.460 e. The molecule has 0 fully saturated rings. The smallest absolute Gasteiger partial charge is 0.136 e. The van der Waals surface area contributed by atoms with E-state index in [2.05, 4.69) is 21.1 Å². The molecule has 1 N–H and O–H groups in total. The number of fused-ring (bicyclic) bond motifs is 3. The SMILES string of the molecule is O/N=C1\CCCc2oc3cc(Br)ccc3c21. The zero-order chi connectivity index (χ0) is 11.1. The lowest BCUT2D eigenvalue weighted by atomic mass is 9.94. The van der Waals surface area contributed by atoms with Crippen LogP contribution >= 0.6 is 15.9 Å². The summed E-state index contributed by atoms with van der Waals surface area (Å²) in [4.78, 5) is 0. The Kier molecular flexibility index (Phi) is 2.24. The van der Waals surface area contributed by atoms with Crippen molar-refractivity contribution in [1.82, 2.24) is 0 Å². The number of halogens is 1. The Hall–Kier alpha value is -1.29. The summed E-state index contributed by atoms with van der Waals surface area (Å²) >= 11 is 3.42. The second-order valence-corrected chi connectivity index (χ2v) is 4.86. The third kappa shape index (κ3) is 1.37. The van der Waals surface area contributed by atoms with E-state index in [4.69, 9.17) is 9.62 Å². The summed E-state index contributed by atoms with van der Waals surface area (Å²) < 4.78 is 6.78. The Morgan fingerprint density at radius 3 is 3.00 bits per heavy atom. The minimum absolute atomic E-state index is 0.738. The van der Waals surface area contributed by atoms with E-state index in [1.54, 1.807) is 0 Å². The number of hydrogen-bond donors (Lipinski definition) is 1. The fourth-order valence-corrected chi connectivity index (χ4v) is 2.60.